The molecule has 1 aromatic rings. The van der Waals surface area contributed by atoms with Crippen molar-refractivity contribution in [3.63, 3.8) is 0 Å². The first-order valence-electron chi connectivity index (χ1n) is 8.28. The fraction of sp³-hybridized carbons (Fsp3) is 0.667. The highest BCUT2D eigenvalue weighted by molar-refractivity contribution is 5.58. The molecule has 0 atom stereocenters. The summed E-state index contributed by atoms with van der Waals surface area (Å²) in [6.45, 7) is 13.5. The maximum Gasteiger partial charge on any atom is 0.0468 e. The molecule has 0 bridgehead atoms. The summed E-state index contributed by atoms with van der Waals surface area (Å²) in [6, 6.07) is 10.2. The van der Waals surface area contributed by atoms with Gasteiger partial charge in [-0.2, -0.15) is 0 Å². The van der Waals surface area contributed by atoms with Gasteiger partial charge in [-0.05, 0) is 37.8 Å². The second-order valence-electron chi connectivity index (χ2n) is 5.40. The number of hydrogen-bond acceptors (Lipinski definition) is 2. The standard InChI is InChI=1S/C18H31N2/c1-5-12-19(13-6-2)17-10-9-11-18(16-17)20(14-7-3)15-8-4/h9-11H,5-8,12-15H2,1-4H3. The smallest absolute Gasteiger partial charge is 0.0468 e. The fourth-order valence-electron chi connectivity index (χ4n) is 2.60. The third-order valence-corrected chi connectivity index (χ3v) is 3.42. The van der Waals surface area contributed by atoms with E-state index in [9.17, 15) is 0 Å². The average Bonchev–Trinajstić information content (AvgIpc) is 2.47. The van der Waals surface area contributed by atoms with Crippen LogP contribution < -0.4 is 9.80 Å². The van der Waals surface area contributed by atoms with Gasteiger partial charge >= 0.3 is 0 Å². The second-order valence-corrected chi connectivity index (χ2v) is 5.40. The van der Waals surface area contributed by atoms with E-state index in [1.807, 2.05) is 0 Å². The van der Waals surface area contributed by atoms with Crippen LogP contribution in [0.5, 0.6) is 0 Å². The Labute approximate surface area is 125 Å². The maximum absolute atomic E-state index is 3.64. The average molecular weight is 275 g/mol. The van der Waals surface area contributed by atoms with Gasteiger partial charge in [-0.1, -0.05) is 33.8 Å². The van der Waals surface area contributed by atoms with E-state index in [0.29, 0.717) is 0 Å². The topological polar surface area (TPSA) is 6.48 Å². The van der Waals surface area contributed by atoms with Gasteiger partial charge < -0.3 is 9.80 Å². The van der Waals surface area contributed by atoms with Gasteiger partial charge in [-0.15, -0.1) is 0 Å². The van der Waals surface area contributed by atoms with Crippen LogP contribution >= 0.6 is 0 Å². The zero-order valence-electron chi connectivity index (χ0n) is 13.8. The molecule has 0 aliphatic rings. The Kier molecular flexibility index (Phi) is 8.17. The predicted octanol–water partition coefficient (Wildman–Crippen LogP) is 4.74. The van der Waals surface area contributed by atoms with Gasteiger partial charge in [0.1, 0.15) is 0 Å². The summed E-state index contributed by atoms with van der Waals surface area (Å²) in [5, 5.41) is 0. The van der Waals surface area contributed by atoms with Crippen LogP contribution in [0.3, 0.4) is 0 Å². The third kappa shape index (κ3) is 5.07. The van der Waals surface area contributed by atoms with Crippen LogP contribution in [0.4, 0.5) is 11.4 Å². The molecule has 0 saturated carbocycles. The van der Waals surface area contributed by atoms with Gasteiger partial charge in [0.05, 0.1) is 0 Å². The van der Waals surface area contributed by atoms with Crippen molar-refractivity contribution in [2.45, 2.75) is 53.4 Å². The van der Waals surface area contributed by atoms with Crippen molar-refractivity contribution < 1.29 is 0 Å². The quantitative estimate of drug-likeness (QED) is 0.608. The summed E-state index contributed by atoms with van der Waals surface area (Å²) in [7, 11) is 0. The molecule has 0 fully saturated rings. The maximum atomic E-state index is 3.64. The zero-order chi connectivity index (χ0) is 14.8. The molecule has 0 unspecified atom stereocenters. The SMILES string of the molecule is CCCN(CCC)c1[c]c(N(CCC)CCC)ccc1. The van der Waals surface area contributed by atoms with E-state index in [-0.39, 0.29) is 0 Å². The van der Waals surface area contributed by atoms with Crippen molar-refractivity contribution in [3.05, 3.63) is 24.3 Å². The summed E-state index contributed by atoms with van der Waals surface area (Å²) < 4.78 is 0. The van der Waals surface area contributed by atoms with E-state index in [1.165, 1.54) is 37.1 Å². The van der Waals surface area contributed by atoms with Gasteiger partial charge in [-0.3, -0.25) is 0 Å². The Bertz CT molecular complexity index is 319. The minimum absolute atomic E-state index is 1.12. The molecular weight excluding hydrogens is 244 g/mol. The monoisotopic (exact) mass is 275 g/mol. The number of anilines is 2. The molecule has 1 aromatic carbocycles. The molecule has 1 radical (unpaired) electrons. The Morgan fingerprint density at radius 3 is 1.35 bits per heavy atom. The molecule has 0 saturated heterocycles. The molecule has 0 aliphatic carbocycles. The molecule has 0 spiro atoms. The summed E-state index contributed by atoms with van der Waals surface area (Å²) in [5.74, 6) is 0. The van der Waals surface area contributed by atoms with E-state index in [4.69, 9.17) is 0 Å². The summed E-state index contributed by atoms with van der Waals surface area (Å²) in [4.78, 5) is 4.92. The van der Waals surface area contributed by atoms with E-state index in [1.54, 1.807) is 0 Å². The first kappa shape index (κ1) is 16.9. The van der Waals surface area contributed by atoms with E-state index in [2.05, 4.69) is 61.8 Å². The van der Waals surface area contributed by atoms with Crippen molar-refractivity contribution in [2.75, 3.05) is 36.0 Å². The minimum Gasteiger partial charge on any atom is -0.371 e. The van der Waals surface area contributed by atoms with Crippen molar-refractivity contribution in [1.82, 2.24) is 0 Å². The number of benzene rings is 1. The molecule has 0 heterocycles. The molecule has 113 valence electrons. The highest BCUT2D eigenvalue weighted by atomic mass is 15.1. The lowest BCUT2D eigenvalue weighted by Crippen LogP contribution is -2.27. The third-order valence-electron chi connectivity index (χ3n) is 3.42. The lowest BCUT2D eigenvalue weighted by Gasteiger charge is -2.27. The molecule has 1 rings (SSSR count). The lowest BCUT2D eigenvalue weighted by molar-refractivity contribution is 0.735. The molecule has 0 aliphatic heterocycles. The van der Waals surface area contributed by atoms with Crippen molar-refractivity contribution >= 4 is 11.4 Å². The van der Waals surface area contributed by atoms with E-state index < -0.39 is 0 Å². The molecule has 20 heavy (non-hydrogen) atoms. The molecule has 2 nitrogen and oxygen atoms in total. The van der Waals surface area contributed by atoms with Crippen LogP contribution in [-0.2, 0) is 0 Å². The predicted molar refractivity (Wildman–Crippen MR) is 90.9 cm³/mol. The van der Waals surface area contributed by atoms with Crippen LogP contribution in [0.2, 0.25) is 0 Å². The first-order valence-corrected chi connectivity index (χ1v) is 8.28. The van der Waals surface area contributed by atoms with Gasteiger partial charge in [-0.25, -0.2) is 0 Å². The van der Waals surface area contributed by atoms with E-state index >= 15 is 0 Å². The summed E-state index contributed by atoms with van der Waals surface area (Å²) >= 11 is 0. The molecule has 2 heteroatoms. The number of nitrogens with zero attached hydrogens (tertiary/aromatic N) is 2. The van der Waals surface area contributed by atoms with Crippen LogP contribution in [0.1, 0.15) is 53.4 Å². The Morgan fingerprint density at radius 1 is 0.700 bits per heavy atom. The molecule has 0 amide bonds. The minimum atomic E-state index is 1.12. The van der Waals surface area contributed by atoms with Crippen LogP contribution in [0.15, 0.2) is 18.2 Å². The van der Waals surface area contributed by atoms with Crippen molar-refractivity contribution in [1.29, 1.82) is 0 Å². The van der Waals surface area contributed by atoms with Gasteiger partial charge in [0, 0.05) is 43.6 Å². The first-order chi connectivity index (χ1) is 9.76. The molecule has 0 aromatic heterocycles. The normalized spacial score (nSPS) is 10.6. The lowest BCUT2D eigenvalue weighted by atomic mass is 10.2. The van der Waals surface area contributed by atoms with Crippen LogP contribution in [0, 0.1) is 6.07 Å². The fourth-order valence-corrected chi connectivity index (χ4v) is 2.60. The number of rotatable bonds is 10. The second kappa shape index (κ2) is 9.68. The van der Waals surface area contributed by atoms with Gasteiger partial charge in [0.25, 0.3) is 0 Å². The summed E-state index contributed by atoms with van der Waals surface area (Å²) in [5.41, 5.74) is 2.51. The summed E-state index contributed by atoms with van der Waals surface area (Å²) in [6.07, 6.45) is 4.74. The number of hydrogen-bond donors (Lipinski definition) is 0. The van der Waals surface area contributed by atoms with E-state index in [0.717, 1.165) is 26.2 Å². The van der Waals surface area contributed by atoms with Crippen molar-refractivity contribution in [3.8, 4) is 0 Å². The highest BCUT2D eigenvalue weighted by Crippen LogP contribution is 2.22. The Balaban J connectivity index is 2.90. The molecule has 0 N–H and O–H groups in total. The van der Waals surface area contributed by atoms with Gasteiger partial charge in [0.15, 0.2) is 0 Å². The van der Waals surface area contributed by atoms with Gasteiger partial charge in [0.2, 0.25) is 0 Å². The molecular formula is C18H31N2. The largest absolute Gasteiger partial charge is 0.371 e. The van der Waals surface area contributed by atoms with Crippen molar-refractivity contribution in [2.24, 2.45) is 0 Å². The highest BCUT2D eigenvalue weighted by Gasteiger charge is 2.09. The zero-order valence-corrected chi connectivity index (χ0v) is 13.8. The van der Waals surface area contributed by atoms with Crippen LogP contribution in [-0.4, -0.2) is 26.2 Å². The van der Waals surface area contributed by atoms with Crippen LogP contribution in [0.25, 0.3) is 0 Å². The Morgan fingerprint density at radius 2 is 1.05 bits per heavy atom. The Hall–Kier alpha value is -1.18.